The number of carbonyl (C=O) groups is 2. The predicted molar refractivity (Wildman–Crippen MR) is 161 cm³/mol. The highest BCUT2D eigenvalue weighted by Crippen LogP contribution is 2.23. The molecule has 2 aromatic carbocycles. The van der Waals surface area contributed by atoms with E-state index in [1.807, 2.05) is 48.5 Å². The van der Waals surface area contributed by atoms with Gasteiger partial charge in [-0.3, -0.25) is 9.59 Å². The molecule has 0 saturated carbocycles. The maximum Gasteiger partial charge on any atom is 0.311 e. The Balaban J connectivity index is 1.68. The summed E-state index contributed by atoms with van der Waals surface area (Å²) < 4.78 is 11.3. The number of rotatable bonds is 22. The van der Waals surface area contributed by atoms with Gasteiger partial charge in [0.25, 0.3) is 0 Å². The number of hydrogen-bond donors (Lipinski definition) is 0. The fourth-order valence-corrected chi connectivity index (χ4v) is 4.89. The lowest BCUT2D eigenvalue weighted by molar-refractivity contribution is -0.136. The Morgan fingerprint density at radius 1 is 0.487 bits per heavy atom. The first-order chi connectivity index (χ1) is 19.1. The van der Waals surface area contributed by atoms with Crippen LogP contribution in [0.15, 0.2) is 48.5 Å². The van der Waals surface area contributed by atoms with E-state index in [0.717, 1.165) is 36.8 Å². The van der Waals surface area contributed by atoms with Gasteiger partial charge in [-0.1, -0.05) is 127 Å². The average molecular weight is 537 g/mol. The molecule has 0 radical (unpaired) electrons. The molecule has 4 heteroatoms. The van der Waals surface area contributed by atoms with Crippen LogP contribution in [0.25, 0.3) is 0 Å². The van der Waals surface area contributed by atoms with Crippen LogP contribution in [0.2, 0.25) is 0 Å². The highest BCUT2D eigenvalue weighted by atomic mass is 16.5. The molecule has 2 rings (SSSR count). The average Bonchev–Trinajstić information content (AvgIpc) is 2.93. The molecule has 0 fully saturated rings. The third-order valence-corrected chi connectivity index (χ3v) is 7.25. The highest BCUT2D eigenvalue weighted by Gasteiger charge is 2.13. The zero-order valence-electron chi connectivity index (χ0n) is 24.7. The van der Waals surface area contributed by atoms with Crippen LogP contribution in [0.3, 0.4) is 0 Å². The van der Waals surface area contributed by atoms with E-state index < -0.39 is 0 Å². The lowest BCUT2D eigenvalue weighted by Gasteiger charge is -2.11. The molecule has 0 unspecified atom stereocenters. The molecule has 216 valence electrons. The topological polar surface area (TPSA) is 52.6 Å². The molecule has 0 N–H and O–H groups in total. The molecule has 0 bridgehead atoms. The molecular formula is C35H52O4. The second kappa shape index (κ2) is 21.2. The summed E-state index contributed by atoms with van der Waals surface area (Å²) in [7, 11) is 0. The van der Waals surface area contributed by atoms with Gasteiger partial charge in [-0.2, -0.15) is 0 Å². The van der Waals surface area contributed by atoms with Crippen LogP contribution < -0.4 is 9.47 Å². The van der Waals surface area contributed by atoms with E-state index in [0.29, 0.717) is 17.9 Å². The maximum absolute atomic E-state index is 12.5. The summed E-state index contributed by atoms with van der Waals surface area (Å²) in [6.45, 7) is 4.48. The Kier molecular flexibility index (Phi) is 17.7. The Morgan fingerprint density at radius 2 is 0.846 bits per heavy atom. The lowest BCUT2D eigenvalue weighted by Crippen LogP contribution is -2.13. The smallest absolute Gasteiger partial charge is 0.311 e. The summed E-state index contributed by atoms with van der Waals surface area (Å²) in [5.74, 6) is 0.703. The Hall–Kier alpha value is -2.62. The monoisotopic (exact) mass is 536 g/mol. The number of carbonyl (C=O) groups excluding carboxylic acids is 2. The summed E-state index contributed by atoms with van der Waals surface area (Å²) in [4.78, 5) is 25.0. The zero-order chi connectivity index (χ0) is 28.0. The van der Waals surface area contributed by atoms with Crippen LogP contribution in [0.5, 0.6) is 11.5 Å². The van der Waals surface area contributed by atoms with Gasteiger partial charge in [0.1, 0.15) is 11.5 Å². The van der Waals surface area contributed by atoms with E-state index in [4.69, 9.17) is 9.47 Å². The van der Waals surface area contributed by atoms with Crippen molar-refractivity contribution in [3.8, 4) is 11.5 Å². The summed E-state index contributed by atoms with van der Waals surface area (Å²) in [5, 5.41) is 0. The summed E-state index contributed by atoms with van der Waals surface area (Å²) >= 11 is 0. The van der Waals surface area contributed by atoms with Gasteiger partial charge in [-0.05, 0) is 55.4 Å². The quantitative estimate of drug-likeness (QED) is 0.0853. The number of hydrogen-bond acceptors (Lipinski definition) is 4. The van der Waals surface area contributed by atoms with Gasteiger partial charge in [0.05, 0.1) is 0 Å². The molecule has 0 aliphatic heterocycles. The minimum Gasteiger partial charge on any atom is -0.426 e. The minimum absolute atomic E-state index is 0.195. The third-order valence-electron chi connectivity index (χ3n) is 7.25. The largest absolute Gasteiger partial charge is 0.426 e. The third kappa shape index (κ3) is 14.9. The molecule has 0 heterocycles. The normalized spacial score (nSPS) is 10.9. The number of ether oxygens (including phenoxy) is 2. The number of para-hydroxylation sites is 2. The van der Waals surface area contributed by atoms with Gasteiger partial charge in [0, 0.05) is 12.8 Å². The lowest BCUT2D eigenvalue weighted by atomic mass is 10.0. The zero-order valence-corrected chi connectivity index (χ0v) is 24.7. The molecule has 0 amide bonds. The van der Waals surface area contributed by atoms with Crippen molar-refractivity contribution in [2.24, 2.45) is 0 Å². The number of aryl methyl sites for hydroxylation is 2. The van der Waals surface area contributed by atoms with E-state index >= 15 is 0 Å². The van der Waals surface area contributed by atoms with Crippen molar-refractivity contribution < 1.29 is 19.1 Å². The van der Waals surface area contributed by atoms with Crippen molar-refractivity contribution in [1.82, 2.24) is 0 Å². The first kappa shape index (κ1) is 32.6. The predicted octanol–water partition coefficient (Wildman–Crippen LogP) is 9.95. The van der Waals surface area contributed by atoms with E-state index in [1.54, 1.807) is 0 Å². The SMILES string of the molecule is CCCCCCCCCc1ccccc1OC(=O)CCCC(=O)Oc1ccccc1CCCCCCCCC. The van der Waals surface area contributed by atoms with Crippen LogP contribution in [0.1, 0.15) is 134 Å². The van der Waals surface area contributed by atoms with Crippen LogP contribution >= 0.6 is 0 Å². The number of benzene rings is 2. The molecule has 0 aliphatic rings. The van der Waals surface area contributed by atoms with Crippen molar-refractivity contribution in [3.63, 3.8) is 0 Å². The van der Waals surface area contributed by atoms with Crippen LogP contribution in [0, 0.1) is 0 Å². The highest BCUT2D eigenvalue weighted by molar-refractivity contribution is 5.75. The fraction of sp³-hybridized carbons (Fsp3) is 0.600. The molecule has 0 spiro atoms. The van der Waals surface area contributed by atoms with E-state index in [1.165, 1.54) is 77.0 Å². The van der Waals surface area contributed by atoms with Gasteiger partial charge < -0.3 is 9.47 Å². The molecule has 39 heavy (non-hydrogen) atoms. The Morgan fingerprint density at radius 3 is 1.26 bits per heavy atom. The van der Waals surface area contributed by atoms with Crippen LogP contribution in [-0.2, 0) is 22.4 Å². The van der Waals surface area contributed by atoms with Gasteiger partial charge in [-0.25, -0.2) is 0 Å². The molecule has 0 saturated heterocycles. The molecule has 2 aromatic rings. The van der Waals surface area contributed by atoms with Crippen molar-refractivity contribution in [1.29, 1.82) is 0 Å². The van der Waals surface area contributed by atoms with Crippen molar-refractivity contribution in [3.05, 3.63) is 59.7 Å². The summed E-state index contributed by atoms with van der Waals surface area (Å²) in [6.07, 6.45) is 20.2. The summed E-state index contributed by atoms with van der Waals surface area (Å²) in [6, 6.07) is 15.6. The molecule has 0 aliphatic carbocycles. The Bertz CT molecular complexity index is 860. The number of esters is 2. The second-order valence-electron chi connectivity index (χ2n) is 10.8. The van der Waals surface area contributed by atoms with E-state index in [-0.39, 0.29) is 24.8 Å². The van der Waals surface area contributed by atoms with Gasteiger partial charge in [0.15, 0.2) is 0 Å². The molecule has 0 aromatic heterocycles. The molecule has 0 atom stereocenters. The fourth-order valence-electron chi connectivity index (χ4n) is 4.89. The first-order valence-corrected chi connectivity index (χ1v) is 15.7. The standard InChI is InChI=1S/C35H52O4/c1-3-5-7-9-11-13-15-22-30-24-17-19-26-32(30)38-34(36)28-21-29-35(37)39-33-27-20-18-25-31(33)23-16-14-12-10-8-6-4-2/h17-20,24-27H,3-16,21-23,28-29H2,1-2H3. The van der Waals surface area contributed by atoms with Crippen LogP contribution in [-0.4, -0.2) is 11.9 Å². The van der Waals surface area contributed by atoms with E-state index in [9.17, 15) is 9.59 Å². The van der Waals surface area contributed by atoms with Gasteiger partial charge in [0.2, 0.25) is 0 Å². The molecule has 4 nitrogen and oxygen atoms in total. The van der Waals surface area contributed by atoms with Crippen LogP contribution in [0.4, 0.5) is 0 Å². The number of unbranched alkanes of at least 4 members (excludes halogenated alkanes) is 12. The first-order valence-electron chi connectivity index (χ1n) is 15.7. The Labute approximate surface area is 237 Å². The van der Waals surface area contributed by atoms with Gasteiger partial charge >= 0.3 is 11.9 Å². The maximum atomic E-state index is 12.5. The van der Waals surface area contributed by atoms with Gasteiger partial charge in [-0.15, -0.1) is 0 Å². The van der Waals surface area contributed by atoms with Crippen molar-refractivity contribution in [2.75, 3.05) is 0 Å². The molecular weight excluding hydrogens is 484 g/mol. The second-order valence-corrected chi connectivity index (χ2v) is 10.8. The van der Waals surface area contributed by atoms with E-state index in [2.05, 4.69) is 13.8 Å². The summed E-state index contributed by atoms with van der Waals surface area (Å²) in [5.41, 5.74) is 2.16. The van der Waals surface area contributed by atoms with Crippen molar-refractivity contribution >= 4 is 11.9 Å². The minimum atomic E-state index is -0.297. The van der Waals surface area contributed by atoms with Crippen molar-refractivity contribution in [2.45, 2.75) is 136 Å².